The maximum atomic E-state index is 11.0. The minimum atomic E-state index is -0.332. The molecule has 1 aromatic carbocycles. The zero-order chi connectivity index (χ0) is 13.9. The van der Waals surface area contributed by atoms with E-state index in [2.05, 4.69) is 0 Å². The Morgan fingerprint density at radius 2 is 2.05 bits per heavy atom. The second kappa shape index (κ2) is 5.77. The molecule has 0 saturated carbocycles. The molecule has 4 atom stereocenters. The van der Waals surface area contributed by atoms with E-state index < -0.39 is 0 Å². The molecule has 20 heavy (non-hydrogen) atoms. The molecule has 4 heteroatoms. The average Bonchev–Trinajstić information content (AvgIpc) is 2.47. The number of carbonyl (C=O) groups is 1. The van der Waals surface area contributed by atoms with Crippen LogP contribution in [0.5, 0.6) is 0 Å². The molecule has 4 nitrogen and oxygen atoms in total. The topological polar surface area (TPSA) is 44.8 Å². The van der Waals surface area contributed by atoms with Crippen LogP contribution >= 0.6 is 0 Å². The van der Waals surface area contributed by atoms with E-state index in [4.69, 9.17) is 14.2 Å². The molecule has 0 bridgehead atoms. The molecule has 2 aliphatic rings. The molecule has 1 unspecified atom stereocenters. The summed E-state index contributed by atoms with van der Waals surface area (Å²) in [6.07, 6.45) is 4.16. The van der Waals surface area contributed by atoms with Crippen LogP contribution in [0.25, 0.3) is 0 Å². The largest absolute Gasteiger partial charge is 0.458 e. The molecule has 0 amide bonds. The van der Waals surface area contributed by atoms with Gasteiger partial charge in [-0.25, -0.2) is 0 Å². The van der Waals surface area contributed by atoms with E-state index in [0.717, 1.165) is 5.56 Å². The van der Waals surface area contributed by atoms with Crippen molar-refractivity contribution in [2.75, 3.05) is 6.61 Å². The molecular formula is C16H18O4. The van der Waals surface area contributed by atoms with Crippen LogP contribution in [0.15, 0.2) is 42.5 Å². The summed E-state index contributed by atoms with van der Waals surface area (Å²) < 4.78 is 17.0. The summed E-state index contributed by atoms with van der Waals surface area (Å²) in [7, 11) is 0. The van der Waals surface area contributed by atoms with E-state index >= 15 is 0 Å². The Balaban J connectivity index is 1.68. The summed E-state index contributed by atoms with van der Waals surface area (Å²) in [5.74, 6) is -0.0217. The van der Waals surface area contributed by atoms with Gasteiger partial charge < -0.3 is 14.2 Å². The van der Waals surface area contributed by atoms with Gasteiger partial charge >= 0.3 is 5.97 Å². The minimum Gasteiger partial charge on any atom is -0.458 e. The van der Waals surface area contributed by atoms with E-state index in [0.29, 0.717) is 13.0 Å². The molecule has 1 aliphatic heterocycles. The van der Waals surface area contributed by atoms with Crippen molar-refractivity contribution in [3.05, 3.63) is 48.0 Å². The smallest absolute Gasteiger partial charge is 0.303 e. The first-order valence-electron chi connectivity index (χ1n) is 6.90. The molecule has 0 radical (unpaired) electrons. The maximum Gasteiger partial charge on any atom is 0.303 e. The van der Waals surface area contributed by atoms with Crippen LogP contribution in [0, 0.1) is 5.92 Å². The fraction of sp³-hybridized carbons (Fsp3) is 0.438. The van der Waals surface area contributed by atoms with Crippen LogP contribution in [0.4, 0.5) is 0 Å². The molecule has 1 saturated heterocycles. The van der Waals surface area contributed by atoms with Crippen molar-refractivity contribution < 1.29 is 19.0 Å². The Morgan fingerprint density at radius 1 is 1.25 bits per heavy atom. The highest BCUT2D eigenvalue weighted by atomic mass is 16.7. The Kier molecular flexibility index (Phi) is 3.85. The second-order valence-corrected chi connectivity index (χ2v) is 5.18. The van der Waals surface area contributed by atoms with Crippen LogP contribution in [0.3, 0.4) is 0 Å². The van der Waals surface area contributed by atoms with Crippen LogP contribution in [-0.4, -0.2) is 24.8 Å². The molecule has 1 aromatic rings. The van der Waals surface area contributed by atoms with E-state index in [1.54, 1.807) is 0 Å². The van der Waals surface area contributed by atoms with Crippen molar-refractivity contribution in [1.29, 1.82) is 0 Å². The zero-order valence-electron chi connectivity index (χ0n) is 11.4. The molecule has 3 rings (SSSR count). The first kappa shape index (κ1) is 13.3. The standard InChI is InChI=1S/C16H18O4/c1-11(17)19-14-8-7-13-10-18-16(20-15(13)9-14)12-5-3-2-4-6-12/h2-8,13-16H,9-10H2,1H3/t13-,14-,15+,16?/m1/s1. The van der Waals surface area contributed by atoms with Crippen LogP contribution in [-0.2, 0) is 19.0 Å². The van der Waals surface area contributed by atoms with Crippen molar-refractivity contribution >= 4 is 5.97 Å². The van der Waals surface area contributed by atoms with Crippen molar-refractivity contribution in [1.82, 2.24) is 0 Å². The van der Waals surface area contributed by atoms with Gasteiger partial charge in [-0.05, 0) is 6.08 Å². The number of carbonyl (C=O) groups excluding carboxylic acids is 1. The summed E-state index contributed by atoms with van der Waals surface area (Å²) in [5, 5.41) is 0. The second-order valence-electron chi connectivity index (χ2n) is 5.18. The van der Waals surface area contributed by atoms with E-state index in [1.165, 1.54) is 6.92 Å². The van der Waals surface area contributed by atoms with E-state index in [-0.39, 0.29) is 30.4 Å². The van der Waals surface area contributed by atoms with Crippen molar-refractivity contribution in [3.8, 4) is 0 Å². The lowest BCUT2D eigenvalue weighted by molar-refractivity contribution is -0.240. The van der Waals surface area contributed by atoms with Crippen LogP contribution < -0.4 is 0 Å². The fourth-order valence-corrected chi connectivity index (χ4v) is 2.67. The van der Waals surface area contributed by atoms with Crippen molar-refractivity contribution in [2.45, 2.75) is 31.8 Å². The number of ether oxygens (including phenoxy) is 3. The molecule has 0 N–H and O–H groups in total. The average molecular weight is 274 g/mol. The van der Waals surface area contributed by atoms with Gasteiger partial charge in [-0.1, -0.05) is 36.4 Å². The highest BCUT2D eigenvalue weighted by Crippen LogP contribution is 2.34. The Morgan fingerprint density at radius 3 is 2.80 bits per heavy atom. The SMILES string of the molecule is CC(=O)O[C@@H]1C=C[C@@H]2COC(c3ccccc3)O[C@H]2C1. The van der Waals surface area contributed by atoms with Crippen LogP contribution in [0.2, 0.25) is 0 Å². The van der Waals surface area contributed by atoms with Crippen LogP contribution in [0.1, 0.15) is 25.2 Å². The lowest BCUT2D eigenvalue weighted by atomic mass is 9.90. The third kappa shape index (κ3) is 2.92. The number of esters is 1. The molecule has 0 spiro atoms. The number of hydrogen-bond acceptors (Lipinski definition) is 4. The number of hydrogen-bond donors (Lipinski definition) is 0. The number of benzene rings is 1. The van der Waals surface area contributed by atoms with Crippen molar-refractivity contribution in [3.63, 3.8) is 0 Å². The quantitative estimate of drug-likeness (QED) is 0.614. The normalized spacial score (nSPS) is 32.5. The van der Waals surface area contributed by atoms with Gasteiger partial charge in [0.2, 0.25) is 0 Å². The molecule has 0 aromatic heterocycles. The highest BCUT2D eigenvalue weighted by molar-refractivity contribution is 5.66. The third-order valence-corrected chi connectivity index (χ3v) is 3.64. The maximum absolute atomic E-state index is 11.0. The molecule has 1 aliphatic carbocycles. The lowest BCUT2D eigenvalue weighted by Gasteiger charge is -2.38. The van der Waals surface area contributed by atoms with Gasteiger partial charge in [0.05, 0.1) is 12.7 Å². The monoisotopic (exact) mass is 274 g/mol. The Hall–Kier alpha value is -1.65. The van der Waals surface area contributed by atoms with Gasteiger partial charge in [0.1, 0.15) is 6.10 Å². The van der Waals surface area contributed by atoms with Gasteiger partial charge in [0, 0.05) is 24.8 Å². The first-order valence-corrected chi connectivity index (χ1v) is 6.90. The summed E-state index contributed by atoms with van der Waals surface area (Å²) in [6.45, 7) is 2.06. The van der Waals surface area contributed by atoms with Gasteiger partial charge in [0.15, 0.2) is 6.29 Å². The number of rotatable bonds is 2. The predicted molar refractivity (Wildman–Crippen MR) is 72.8 cm³/mol. The van der Waals surface area contributed by atoms with E-state index in [9.17, 15) is 4.79 Å². The minimum absolute atomic E-state index is 0.0308. The molecule has 106 valence electrons. The lowest BCUT2D eigenvalue weighted by Crippen LogP contribution is -2.40. The molecular weight excluding hydrogens is 256 g/mol. The molecule has 1 fully saturated rings. The molecule has 1 heterocycles. The summed E-state index contributed by atoms with van der Waals surface area (Å²) in [5.41, 5.74) is 1.02. The first-order chi connectivity index (χ1) is 9.72. The fourth-order valence-electron chi connectivity index (χ4n) is 2.67. The van der Waals surface area contributed by atoms with E-state index in [1.807, 2.05) is 42.5 Å². The third-order valence-electron chi connectivity index (χ3n) is 3.64. The summed E-state index contributed by atoms with van der Waals surface area (Å²) in [6, 6.07) is 9.89. The van der Waals surface area contributed by atoms with Gasteiger partial charge in [-0.2, -0.15) is 0 Å². The summed E-state index contributed by atoms with van der Waals surface area (Å²) in [4.78, 5) is 11.0. The highest BCUT2D eigenvalue weighted by Gasteiger charge is 2.35. The number of fused-ring (bicyclic) bond motifs is 1. The van der Waals surface area contributed by atoms with Gasteiger partial charge in [-0.15, -0.1) is 0 Å². The zero-order valence-corrected chi connectivity index (χ0v) is 11.4. The Bertz CT molecular complexity index is 496. The summed E-state index contributed by atoms with van der Waals surface area (Å²) >= 11 is 0. The Labute approximate surface area is 118 Å². The predicted octanol–water partition coefficient (Wildman–Crippen LogP) is 2.61. The van der Waals surface area contributed by atoms with Gasteiger partial charge in [0.25, 0.3) is 0 Å². The van der Waals surface area contributed by atoms with Crippen molar-refractivity contribution in [2.24, 2.45) is 5.92 Å². The van der Waals surface area contributed by atoms with Gasteiger partial charge in [-0.3, -0.25) is 4.79 Å².